The number of rotatable bonds is 7. The van der Waals surface area contributed by atoms with Crippen LogP contribution in [0.25, 0.3) is 0 Å². The minimum Gasteiger partial charge on any atom is -0.487 e. The second-order valence-corrected chi connectivity index (χ2v) is 4.63. The summed E-state index contributed by atoms with van der Waals surface area (Å²) >= 11 is 0. The van der Waals surface area contributed by atoms with Gasteiger partial charge in [0.2, 0.25) is 0 Å². The third-order valence-electron chi connectivity index (χ3n) is 2.76. The molecular formula is C15H19NO4. The summed E-state index contributed by atoms with van der Waals surface area (Å²) < 4.78 is 16.5. The van der Waals surface area contributed by atoms with Gasteiger partial charge in [0.1, 0.15) is 24.7 Å². The van der Waals surface area contributed by atoms with Gasteiger partial charge < -0.3 is 19.0 Å². The first-order chi connectivity index (χ1) is 9.72. The predicted octanol–water partition coefficient (Wildman–Crippen LogP) is 2.75. The van der Waals surface area contributed by atoms with Crippen LogP contribution in [0.3, 0.4) is 0 Å². The van der Waals surface area contributed by atoms with E-state index in [1.165, 1.54) is 6.39 Å². The normalized spacial score (nSPS) is 10.8. The van der Waals surface area contributed by atoms with Crippen molar-refractivity contribution in [1.29, 1.82) is 0 Å². The van der Waals surface area contributed by atoms with Crippen molar-refractivity contribution in [1.82, 2.24) is 4.98 Å². The van der Waals surface area contributed by atoms with Gasteiger partial charge in [0, 0.05) is 5.92 Å². The zero-order valence-electron chi connectivity index (χ0n) is 11.7. The maximum Gasteiger partial charge on any atom is 0.181 e. The molecule has 0 aliphatic rings. The molecule has 2 rings (SSSR count). The van der Waals surface area contributed by atoms with Crippen molar-refractivity contribution in [3.8, 4) is 11.5 Å². The van der Waals surface area contributed by atoms with Crippen molar-refractivity contribution in [2.24, 2.45) is 0 Å². The largest absolute Gasteiger partial charge is 0.487 e. The van der Waals surface area contributed by atoms with E-state index in [1.54, 1.807) is 6.07 Å². The number of aromatic nitrogens is 1. The number of para-hydroxylation sites is 2. The molecule has 0 saturated carbocycles. The standard InChI is InChI=1S/C15H19NO4/c1-11(2)15-12(16-10-20-15)9-19-14-6-4-3-5-13(14)18-8-7-17/h3-6,10-11,17H,7-9H2,1-2H3. The third kappa shape index (κ3) is 3.51. The molecule has 0 fully saturated rings. The highest BCUT2D eigenvalue weighted by Gasteiger charge is 2.13. The highest BCUT2D eigenvalue weighted by atomic mass is 16.5. The number of oxazole rings is 1. The van der Waals surface area contributed by atoms with Gasteiger partial charge in [-0.25, -0.2) is 4.98 Å². The topological polar surface area (TPSA) is 64.7 Å². The van der Waals surface area contributed by atoms with Gasteiger partial charge in [-0.3, -0.25) is 0 Å². The van der Waals surface area contributed by atoms with Crippen LogP contribution >= 0.6 is 0 Å². The summed E-state index contributed by atoms with van der Waals surface area (Å²) in [5.41, 5.74) is 0.789. The van der Waals surface area contributed by atoms with Gasteiger partial charge in [0.25, 0.3) is 0 Å². The molecule has 0 radical (unpaired) electrons. The van der Waals surface area contributed by atoms with E-state index in [0.29, 0.717) is 18.1 Å². The van der Waals surface area contributed by atoms with Crippen LogP contribution < -0.4 is 9.47 Å². The number of aliphatic hydroxyl groups excluding tert-OH is 1. The van der Waals surface area contributed by atoms with Crippen LogP contribution in [0, 0.1) is 0 Å². The number of benzene rings is 1. The zero-order chi connectivity index (χ0) is 14.4. The molecule has 0 unspecified atom stereocenters. The van der Waals surface area contributed by atoms with E-state index in [2.05, 4.69) is 4.98 Å². The molecule has 1 heterocycles. The summed E-state index contributed by atoms with van der Waals surface area (Å²) in [4.78, 5) is 4.17. The smallest absolute Gasteiger partial charge is 0.181 e. The molecule has 0 amide bonds. The summed E-state index contributed by atoms with van der Waals surface area (Å²) in [6.07, 6.45) is 1.43. The Bertz CT molecular complexity index is 536. The van der Waals surface area contributed by atoms with Gasteiger partial charge >= 0.3 is 0 Å². The SMILES string of the molecule is CC(C)c1ocnc1COc1ccccc1OCCO. The summed E-state index contributed by atoms with van der Waals surface area (Å²) in [7, 11) is 0. The maximum absolute atomic E-state index is 8.81. The van der Waals surface area contributed by atoms with Gasteiger partial charge in [0.15, 0.2) is 17.9 Å². The summed E-state index contributed by atoms with van der Waals surface area (Å²) in [5, 5.41) is 8.81. The van der Waals surface area contributed by atoms with Crippen molar-refractivity contribution in [3.05, 3.63) is 42.1 Å². The van der Waals surface area contributed by atoms with E-state index in [-0.39, 0.29) is 19.1 Å². The number of hydrogen-bond acceptors (Lipinski definition) is 5. The molecule has 0 aliphatic carbocycles. The fraction of sp³-hybridized carbons (Fsp3) is 0.400. The molecule has 1 N–H and O–H groups in total. The Labute approximate surface area is 118 Å². The van der Waals surface area contributed by atoms with E-state index < -0.39 is 0 Å². The lowest BCUT2D eigenvalue weighted by Gasteiger charge is -2.12. The van der Waals surface area contributed by atoms with Gasteiger partial charge in [0.05, 0.1) is 6.61 Å². The molecule has 108 valence electrons. The highest BCUT2D eigenvalue weighted by molar-refractivity contribution is 5.39. The Morgan fingerprint density at radius 1 is 1.20 bits per heavy atom. The average molecular weight is 277 g/mol. The first-order valence-corrected chi connectivity index (χ1v) is 6.60. The van der Waals surface area contributed by atoms with Crippen molar-refractivity contribution in [2.75, 3.05) is 13.2 Å². The van der Waals surface area contributed by atoms with Crippen LogP contribution in [0.5, 0.6) is 11.5 Å². The van der Waals surface area contributed by atoms with Crippen molar-refractivity contribution >= 4 is 0 Å². The number of nitrogens with zero attached hydrogens (tertiary/aromatic N) is 1. The van der Waals surface area contributed by atoms with Crippen LogP contribution in [0.15, 0.2) is 35.1 Å². The highest BCUT2D eigenvalue weighted by Crippen LogP contribution is 2.28. The van der Waals surface area contributed by atoms with Crippen LogP contribution in [-0.4, -0.2) is 23.3 Å². The lowest BCUT2D eigenvalue weighted by molar-refractivity contribution is 0.192. The maximum atomic E-state index is 8.81. The first kappa shape index (κ1) is 14.4. The molecule has 0 atom stereocenters. The monoisotopic (exact) mass is 277 g/mol. The van der Waals surface area contributed by atoms with Crippen molar-refractivity contribution < 1.29 is 19.0 Å². The van der Waals surface area contributed by atoms with Crippen LogP contribution in [0.2, 0.25) is 0 Å². The molecule has 5 heteroatoms. The summed E-state index contributed by atoms with van der Waals surface area (Å²) in [6, 6.07) is 7.35. The molecule has 1 aromatic heterocycles. The Morgan fingerprint density at radius 2 is 1.90 bits per heavy atom. The van der Waals surface area contributed by atoms with Gasteiger partial charge in [-0.15, -0.1) is 0 Å². The van der Waals surface area contributed by atoms with Crippen molar-refractivity contribution in [2.45, 2.75) is 26.4 Å². The minimum absolute atomic E-state index is 0.0326. The number of aliphatic hydroxyl groups is 1. The Morgan fingerprint density at radius 3 is 2.55 bits per heavy atom. The fourth-order valence-electron chi connectivity index (χ4n) is 1.85. The van der Waals surface area contributed by atoms with Crippen LogP contribution in [0.1, 0.15) is 31.2 Å². The predicted molar refractivity (Wildman–Crippen MR) is 73.9 cm³/mol. The number of ether oxygens (including phenoxy) is 2. The zero-order valence-corrected chi connectivity index (χ0v) is 11.7. The second kappa shape index (κ2) is 6.96. The lowest BCUT2D eigenvalue weighted by atomic mass is 10.1. The quantitative estimate of drug-likeness (QED) is 0.843. The average Bonchev–Trinajstić information content (AvgIpc) is 2.92. The molecule has 0 saturated heterocycles. The number of hydrogen-bond donors (Lipinski definition) is 1. The van der Waals surface area contributed by atoms with Gasteiger partial charge in [-0.05, 0) is 12.1 Å². The Hall–Kier alpha value is -2.01. The molecule has 5 nitrogen and oxygen atoms in total. The minimum atomic E-state index is -0.0326. The van der Waals surface area contributed by atoms with Crippen molar-refractivity contribution in [3.63, 3.8) is 0 Å². The molecular weight excluding hydrogens is 258 g/mol. The lowest BCUT2D eigenvalue weighted by Crippen LogP contribution is -2.05. The van der Waals surface area contributed by atoms with E-state index in [0.717, 1.165) is 11.5 Å². The van der Waals surface area contributed by atoms with Gasteiger partial charge in [-0.1, -0.05) is 26.0 Å². The first-order valence-electron chi connectivity index (χ1n) is 6.60. The van der Waals surface area contributed by atoms with E-state index >= 15 is 0 Å². The summed E-state index contributed by atoms with van der Waals surface area (Å²) in [5.74, 6) is 2.32. The van der Waals surface area contributed by atoms with E-state index in [1.807, 2.05) is 32.0 Å². The molecule has 1 aromatic carbocycles. The molecule has 20 heavy (non-hydrogen) atoms. The van der Waals surface area contributed by atoms with Crippen LogP contribution in [-0.2, 0) is 6.61 Å². The van der Waals surface area contributed by atoms with Gasteiger partial charge in [-0.2, -0.15) is 0 Å². The molecule has 0 spiro atoms. The summed E-state index contributed by atoms with van der Waals surface area (Å²) in [6.45, 7) is 4.62. The Balaban J connectivity index is 2.05. The third-order valence-corrected chi connectivity index (χ3v) is 2.76. The molecule has 2 aromatic rings. The van der Waals surface area contributed by atoms with Crippen LogP contribution in [0.4, 0.5) is 0 Å². The van der Waals surface area contributed by atoms with E-state index in [4.69, 9.17) is 19.0 Å². The molecule has 0 aliphatic heterocycles. The molecule has 0 bridgehead atoms. The second-order valence-electron chi connectivity index (χ2n) is 4.63. The Kier molecular flexibility index (Phi) is 5.01. The fourth-order valence-corrected chi connectivity index (χ4v) is 1.85. The van der Waals surface area contributed by atoms with E-state index in [9.17, 15) is 0 Å².